The van der Waals surface area contributed by atoms with Crippen LogP contribution in [0.5, 0.6) is 0 Å². The van der Waals surface area contributed by atoms with Crippen LogP contribution in [-0.2, 0) is 9.31 Å². The van der Waals surface area contributed by atoms with Gasteiger partial charge >= 0.3 is 7.12 Å². The van der Waals surface area contributed by atoms with E-state index >= 15 is 0 Å². The van der Waals surface area contributed by atoms with E-state index < -0.39 is 0 Å². The molecule has 1 saturated heterocycles. The van der Waals surface area contributed by atoms with Crippen LogP contribution in [0.3, 0.4) is 0 Å². The average Bonchev–Trinajstić information content (AvgIpc) is 2.80. The predicted molar refractivity (Wildman–Crippen MR) is 74.2 cm³/mol. The van der Waals surface area contributed by atoms with Crippen molar-refractivity contribution in [2.24, 2.45) is 5.41 Å². The molecule has 2 fully saturated rings. The quantitative estimate of drug-likeness (QED) is 0.519. The first kappa shape index (κ1) is 12.5. The van der Waals surface area contributed by atoms with E-state index in [0.29, 0.717) is 5.41 Å². The molecule has 18 heavy (non-hydrogen) atoms. The molecule has 0 N–H and O–H groups in total. The Bertz CT molecular complexity index is 396. The van der Waals surface area contributed by atoms with Gasteiger partial charge in [0.05, 0.1) is 11.2 Å². The second-order valence-corrected chi connectivity index (χ2v) is 6.98. The molecule has 1 heterocycles. The first-order valence-electron chi connectivity index (χ1n) is 7.07. The summed E-state index contributed by atoms with van der Waals surface area (Å²) in [7, 11) is -0.164. The van der Waals surface area contributed by atoms with Crippen LogP contribution in [0.15, 0.2) is 23.7 Å². The molecule has 3 rings (SSSR count). The zero-order valence-corrected chi connectivity index (χ0v) is 12.0. The molecule has 0 aromatic heterocycles. The molecule has 0 radical (unpaired) electrons. The van der Waals surface area contributed by atoms with Gasteiger partial charge in [-0.1, -0.05) is 23.7 Å². The molecular weight excluding hydrogens is 223 g/mol. The summed E-state index contributed by atoms with van der Waals surface area (Å²) < 4.78 is 12.1. The fourth-order valence-electron chi connectivity index (χ4n) is 3.17. The molecule has 0 atom stereocenters. The van der Waals surface area contributed by atoms with Gasteiger partial charge in [-0.3, -0.25) is 0 Å². The summed E-state index contributed by atoms with van der Waals surface area (Å²) in [6.07, 6.45) is 9.59. The fraction of sp³-hybridized carbons (Fsp3) is 0.733. The number of hydrogen-bond acceptors (Lipinski definition) is 2. The maximum atomic E-state index is 6.05. The molecule has 1 aliphatic heterocycles. The molecule has 3 aliphatic rings. The predicted octanol–water partition coefficient (Wildman–Crippen LogP) is 3.67. The van der Waals surface area contributed by atoms with Gasteiger partial charge in [0.25, 0.3) is 0 Å². The number of hydrogen-bond donors (Lipinski definition) is 0. The summed E-state index contributed by atoms with van der Waals surface area (Å²) in [5.74, 6) is 2.24. The molecule has 0 bridgehead atoms. The first-order valence-corrected chi connectivity index (χ1v) is 7.07. The SMILES string of the molecule is CC1(C)OB(/C=C2\CCC23CC=CC3)OC1(C)C. The Morgan fingerprint density at radius 3 is 2.06 bits per heavy atom. The van der Waals surface area contributed by atoms with Crippen molar-refractivity contribution in [3.63, 3.8) is 0 Å². The van der Waals surface area contributed by atoms with Gasteiger partial charge in [-0.05, 0) is 58.8 Å². The van der Waals surface area contributed by atoms with Crippen molar-refractivity contribution in [3.05, 3.63) is 23.7 Å². The molecule has 0 unspecified atom stereocenters. The van der Waals surface area contributed by atoms with Crippen LogP contribution < -0.4 is 0 Å². The highest BCUT2D eigenvalue weighted by Gasteiger charge is 2.51. The number of rotatable bonds is 1. The Hall–Kier alpha value is -0.535. The van der Waals surface area contributed by atoms with Crippen molar-refractivity contribution in [2.75, 3.05) is 0 Å². The van der Waals surface area contributed by atoms with Crippen LogP contribution in [0, 0.1) is 5.41 Å². The second-order valence-electron chi connectivity index (χ2n) is 6.98. The van der Waals surface area contributed by atoms with Gasteiger partial charge in [-0.2, -0.15) is 0 Å². The van der Waals surface area contributed by atoms with Crippen molar-refractivity contribution in [3.8, 4) is 0 Å². The van der Waals surface area contributed by atoms with Crippen LogP contribution >= 0.6 is 0 Å². The minimum absolute atomic E-state index is 0.164. The average molecular weight is 246 g/mol. The molecule has 0 aromatic rings. The summed E-state index contributed by atoms with van der Waals surface area (Å²) >= 11 is 0. The van der Waals surface area contributed by atoms with Gasteiger partial charge in [0.1, 0.15) is 0 Å². The molecule has 2 aliphatic carbocycles. The standard InChI is InChI=1S/C15H23BO2/c1-13(2)14(3,4)18-16(17-13)11-12-7-10-15(12)8-5-6-9-15/h5-6,11H,7-10H2,1-4H3/b12-11+. The summed E-state index contributed by atoms with van der Waals surface area (Å²) in [4.78, 5) is 0. The molecule has 1 saturated carbocycles. The second kappa shape index (κ2) is 3.74. The Morgan fingerprint density at radius 2 is 1.61 bits per heavy atom. The van der Waals surface area contributed by atoms with Gasteiger partial charge in [0.2, 0.25) is 0 Å². The normalized spacial score (nSPS) is 33.3. The summed E-state index contributed by atoms with van der Waals surface area (Å²) in [5, 5.41) is 0. The van der Waals surface area contributed by atoms with E-state index in [4.69, 9.17) is 9.31 Å². The third-order valence-electron chi connectivity index (χ3n) is 5.35. The summed E-state index contributed by atoms with van der Waals surface area (Å²) in [6, 6.07) is 0. The minimum Gasteiger partial charge on any atom is -0.400 e. The van der Waals surface area contributed by atoms with Gasteiger partial charge in [0.15, 0.2) is 0 Å². The summed E-state index contributed by atoms with van der Waals surface area (Å²) in [5.41, 5.74) is 1.54. The Labute approximate surface area is 111 Å². The van der Waals surface area contributed by atoms with E-state index in [0.717, 1.165) is 0 Å². The fourth-order valence-corrected chi connectivity index (χ4v) is 3.17. The van der Waals surface area contributed by atoms with Crippen LogP contribution in [0.25, 0.3) is 0 Å². The topological polar surface area (TPSA) is 18.5 Å². The maximum Gasteiger partial charge on any atom is 0.487 e. The van der Waals surface area contributed by atoms with Crippen LogP contribution in [0.4, 0.5) is 0 Å². The molecule has 0 amide bonds. The molecule has 1 spiro atoms. The molecular formula is C15H23BO2. The van der Waals surface area contributed by atoms with Gasteiger partial charge in [-0.15, -0.1) is 0 Å². The Balaban J connectivity index is 1.75. The monoisotopic (exact) mass is 246 g/mol. The zero-order valence-electron chi connectivity index (χ0n) is 12.0. The van der Waals surface area contributed by atoms with Gasteiger partial charge in [-0.25, -0.2) is 0 Å². The van der Waals surface area contributed by atoms with E-state index in [9.17, 15) is 0 Å². The van der Waals surface area contributed by atoms with Crippen molar-refractivity contribution in [1.82, 2.24) is 0 Å². The lowest BCUT2D eigenvalue weighted by Gasteiger charge is -2.42. The Morgan fingerprint density at radius 1 is 1.06 bits per heavy atom. The van der Waals surface area contributed by atoms with Gasteiger partial charge in [0, 0.05) is 0 Å². The van der Waals surface area contributed by atoms with E-state index in [-0.39, 0.29) is 18.3 Å². The highest BCUT2D eigenvalue weighted by atomic mass is 16.7. The van der Waals surface area contributed by atoms with Crippen molar-refractivity contribution >= 4 is 7.12 Å². The molecule has 98 valence electrons. The molecule has 2 nitrogen and oxygen atoms in total. The van der Waals surface area contributed by atoms with Crippen molar-refractivity contribution < 1.29 is 9.31 Å². The van der Waals surface area contributed by atoms with Crippen LogP contribution in [-0.4, -0.2) is 18.3 Å². The highest BCUT2D eigenvalue weighted by molar-refractivity contribution is 6.51. The molecule has 0 aromatic carbocycles. The van der Waals surface area contributed by atoms with Gasteiger partial charge < -0.3 is 9.31 Å². The zero-order chi connectivity index (χ0) is 13.0. The smallest absolute Gasteiger partial charge is 0.400 e. The maximum absolute atomic E-state index is 6.05. The van der Waals surface area contributed by atoms with E-state index in [1.165, 1.54) is 25.7 Å². The molecule has 3 heteroatoms. The van der Waals surface area contributed by atoms with E-state index in [1.54, 1.807) is 5.57 Å². The largest absolute Gasteiger partial charge is 0.487 e. The third kappa shape index (κ3) is 1.71. The van der Waals surface area contributed by atoms with E-state index in [1.807, 2.05) is 0 Å². The summed E-state index contributed by atoms with van der Waals surface area (Å²) in [6.45, 7) is 8.44. The lowest BCUT2D eigenvalue weighted by Crippen LogP contribution is -2.41. The lowest BCUT2D eigenvalue weighted by atomic mass is 9.60. The highest BCUT2D eigenvalue weighted by Crippen LogP contribution is 2.55. The third-order valence-corrected chi connectivity index (χ3v) is 5.35. The van der Waals surface area contributed by atoms with Crippen LogP contribution in [0.2, 0.25) is 0 Å². The minimum atomic E-state index is -0.223. The van der Waals surface area contributed by atoms with Crippen molar-refractivity contribution in [1.29, 1.82) is 0 Å². The van der Waals surface area contributed by atoms with E-state index in [2.05, 4.69) is 45.8 Å². The van der Waals surface area contributed by atoms with Crippen molar-refractivity contribution in [2.45, 2.75) is 64.6 Å². The lowest BCUT2D eigenvalue weighted by molar-refractivity contribution is 0.00578. The number of allylic oxidation sites excluding steroid dienone is 3. The Kier molecular flexibility index (Phi) is 2.59. The first-order chi connectivity index (χ1) is 8.35. The van der Waals surface area contributed by atoms with Crippen LogP contribution in [0.1, 0.15) is 53.4 Å².